The van der Waals surface area contributed by atoms with Gasteiger partial charge in [0.15, 0.2) is 0 Å². The molecule has 0 aromatic heterocycles. The second-order valence-corrected chi connectivity index (χ2v) is 4.36. The zero-order valence-electron chi connectivity index (χ0n) is 8.94. The lowest BCUT2D eigenvalue weighted by Gasteiger charge is -2.12. The van der Waals surface area contributed by atoms with Gasteiger partial charge >= 0.3 is 5.97 Å². The number of carbonyl (C=O) groups is 1. The molecule has 0 aromatic rings. The second kappa shape index (κ2) is 2.86. The first-order chi connectivity index (χ1) is 5.89. The van der Waals surface area contributed by atoms with Crippen molar-refractivity contribution >= 4 is 5.97 Å². The molecule has 0 aromatic carbocycles. The topological polar surface area (TPSA) is 26.3 Å². The zero-order chi connectivity index (χ0) is 10.3. The standard InChI is InChI=1S/C11H18O2/c1-6-7-13-9(12)11(5)8(2)10(11,3)4/h2,6-7H2,1,3-5H3. The van der Waals surface area contributed by atoms with Crippen molar-refractivity contribution < 1.29 is 9.53 Å². The van der Waals surface area contributed by atoms with Gasteiger partial charge in [0.25, 0.3) is 0 Å². The molecule has 0 amide bonds. The second-order valence-electron chi connectivity index (χ2n) is 4.36. The maximum atomic E-state index is 11.6. The summed E-state index contributed by atoms with van der Waals surface area (Å²) >= 11 is 0. The lowest BCUT2D eigenvalue weighted by Crippen LogP contribution is -2.21. The van der Waals surface area contributed by atoms with Gasteiger partial charge in [-0.25, -0.2) is 0 Å². The molecule has 1 atom stereocenters. The summed E-state index contributed by atoms with van der Waals surface area (Å²) in [6.45, 7) is 12.4. The minimum Gasteiger partial charge on any atom is -0.465 e. The summed E-state index contributed by atoms with van der Waals surface area (Å²) in [7, 11) is 0. The summed E-state index contributed by atoms with van der Waals surface area (Å²) in [6, 6.07) is 0. The van der Waals surface area contributed by atoms with Gasteiger partial charge in [-0.2, -0.15) is 0 Å². The van der Waals surface area contributed by atoms with Gasteiger partial charge < -0.3 is 4.74 Å². The lowest BCUT2D eigenvalue weighted by molar-refractivity contribution is -0.150. The van der Waals surface area contributed by atoms with E-state index in [1.165, 1.54) is 0 Å². The van der Waals surface area contributed by atoms with Crippen LogP contribution >= 0.6 is 0 Å². The van der Waals surface area contributed by atoms with Crippen LogP contribution in [0.5, 0.6) is 0 Å². The Morgan fingerprint density at radius 3 is 2.23 bits per heavy atom. The van der Waals surface area contributed by atoms with Gasteiger partial charge in [-0.1, -0.05) is 32.9 Å². The number of hydrogen-bond acceptors (Lipinski definition) is 2. The molecule has 1 fully saturated rings. The zero-order valence-corrected chi connectivity index (χ0v) is 8.94. The van der Waals surface area contributed by atoms with Crippen molar-refractivity contribution in [3.63, 3.8) is 0 Å². The molecule has 0 N–H and O–H groups in total. The molecule has 74 valence electrons. The number of esters is 1. The third-order valence-electron chi connectivity index (χ3n) is 3.39. The average Bonchev–Trinajstić information content (AvgIpc) is 2.47. The first-order valence-electron chi connectivity index (χ1n) is 4.76. The highest BCUT2D eigenvalue weighted by Gasteiger charge is 2.68. The van der Waals surface area contributed by atoms with Crippen LogP contribution in [0.25, 0.3) is 0 Å². The van der Waals surface area contributed by atoms with Crippen molar-refractivity contribution in [3.8, 4) is 0 Å². The van der Waals surface area contributed by atoms with Gasteiger partial charge in [0.2, 0.25) is 0 Å². The Morgan fingerprint density at radius 1 is 1.46 bits per heavy atom. The van der Waals surface area contributed by atoms with Gasteiger partial charge in [0, 0.05) is 5.41 Å². The Morgan fingerprint density at radius 2 is 1.92 bits per heavy atom. The highest BCUT2D eigenvalue weighted by Crippen LogP contribution is 2.67. The molecule has 0 bridgehead atoms. The molecule has 13 heavy (non-hydrogen) atoms. The molecule has 1 rings (SSSR count). The molecule has 0 heterocycles. The van der Waals surface area contributed by atoms with E-state index in [9.17, 15) is 4.79 Å². The van der Waals surface area contributed by atoms with Crippen LogP contribution in [-0.4, -0.2) is 12.6 Å². The van der Waals surface area contributed by atoms with E-state index in [1.807, 2.05) is 27.7 Å². The molecule has 2 heteroatoms. The van der Waals surface area contributed by atoms with Crippen molar-refractivity contribution in [2.45, 2.75) is 34.1 Å². The summed E-state index contributed by atoms with van der Waals surface area (Å²) in [5.41, 5.74) is 0.459. The number of hydrogen-bond donors (Lipinski definition) is 0. The van der Waals surface area contributed by atoms with Gasteiger partial charge in [-0.3, -0.25) is 4.79 Å². The molecule has 2 nitrogen and oxygen atoms in total. The van der Waals surface area contributed by atoms with Crippen molar-refractivity contribution in [3.05, 3.63) is 12.2 Å². The Hall–Kier alpha value is -0.790. The van der Waals surface area contributed by atoms with E-state index in [0.717, 1.165) is 12.0 Å². The molecule has 0 radical (unpaired) electrons. The Kier molecular flexibility index (Phi) is 2.27. The third kappa shape index (κ3) is 1.19. The summed E-state index contributed by atoms with van der Waals surface area (Å²) in [5.74, 6) is -0.121. The van der Waals surface area contributed by atoms with Gasteiger partial charge in [0.1, 0.15) is 0 Å². The minimum atomic E-state index is -0.442. The highest BCUT2D eigenvalue weighted by molar-refractivity contribution is 5.88. The van der Waals surface area contributed by atoms with Gasteiger partial charge in [-0.05, 0) is 13.3 Å². The van der Waals surface area contributed by atoms with Gasteiger partial charge in [0.05, 0.1) is 12.0 Å². The Labute approximate surface area is 80.0 Å². The fourth-order valence-corrected chi connectivity index (χ4v) is 1.66. The van der Waals surface area contributed by atoms with Crippen LogP contribution in [0.1, 0.15) is 34.1 Å². The maximum Gasteiger partial charge on any atom is 0.316 e. The minimum absolute atomic E-state index is 0.0855. The molecule has 1 saturated carbocycles. The van der Waals surface area contributed by atoms with Crippen LogP contribution in [0.15, 0.2) is 12.2 Å². The van der Waals surface area contributed by atoms with Crippen LogP contribution in [-0.2, 0) is 9.53 Å². The van der Waals surface area contributed by atoms with E-state index >= 15 is 0 Å². The molecule has 0 spiro atoms. The molecular weight excluding hydrogens is 164 g/mol. The predicted octanol–water partition coefficient (Wildman–Crippen LogP) is 2.54. The van der Waals surface area contributed by atoms with Crippen LogP contribution in [0.3, 0.4) is 0 Å². The summed E-state index contributed by atoms with van der Waals surface area (Å²) < 4.78 is 5.12. The SMILES string of the molecule is C=C1C(C)(C)C1(C)C(=O)OCCC. The fourth-order valence-electron chi connectivity index (χ4n) is 1.66. The largest absolute Gasteiger partial charge is 0.465 e. The summed E-state index contributed by atoms with van der Waals surface area (Å²) in [5, 5.41) is 0. The summed E-state index contributed by atoms with van der Waals surface area (Å²) in [6.07, 6.45) is 0.870. The Balaban J connectivity index is 2.64. The van der Waals surface area contributed by atoms with Crippen LogP contribution in [0.4, 0.5) is 0 Å². The predicted molar refractivity (Wildman–Crippen MR) is 52.3 cm³/mol. The normalized spacial score (nSPS) is 30.0. The quantitative estimate of drug-likeness (QED) is 0.495. The molecule has 0 saturated heterocycles. The van der Waals surface area contributed by atoms with E-state index < -0.39 is 5.41 Å². The number of ether oxygens (including phenoxy) is 1. The van der Waals surface area contributed by atoms with Crippen molar-refractivity contribution in [1.82, 2.24) is 0 Å². The molecule has 1 unspecified atom stereocenters. The first kappa shape index (κ1) is 10.3. The van der Waals surface area contributed by atoms with Crippen LogP contribution in [0.2, 0.25) is 0 Å². The number of rotatable bonds is 3. The average molecular weight is 182 g/mol. The monoisotopic (exact) mass is 182 g/mol. The van der Waals surface area contributed by atoms with E-state index in [4.69, 9.17) is 4.74 Å². The smallest absolute Gasteiger partial charge is 0.316 e. The molecule has 1 aliphatic rings. The molecule has 1 aliphatic carbocycles. The molecule has 0 aliphatic heterocycles. The van der Waals surface area contributed by atoms with E-state index in [1.54, 1.807) is 0 Å². The van der Waals surface area contributed by atoms with Crippen LogP contribution < -0.4 is 0 Å². The Bertz CT molecular complexity index is 253. The molecular formula is C11H18O2. The third-order valence-corrected chi connectivity index (χ3v) is 3.39. The number of carbonyl (C=O) groups excluding carboxylic acids is 1. The fraction of sp³-hybridized carbons (Fsp3) is 0.727. The highest BCUT2D eigenvalue weighted by atomic mass is 16.5. The van der Waals surface area contributed by atoms with E-state index in [-0.39, 0.29) is 11.4 Å². The van der Waals surface area contributed by atoms with Gasteiger partial charge in [-0.15, -0.1) is 0 Å². The van der Waals surface area contributed by atoms with E-state index in [0.29, 0.717) is 6.61 Å². The van der Waals surface area contributed by atoms with Crippen molar-refractivity contribution in [1.29, 1.82) is 0 Å². The summed E-state index contributed by atoms with van der Waals surface area (Å²) in [4.78, 5) is 11.6. The first-order valence-corrected chi connectivity index (χ1v) is 4.76. The van der Waals surface area contributed by atoms with Crippen molar-refractivity contribution in [2.24, 2.45) is 10.8 Å². The van der Waals surface area contributed by atoms with Crippen LogP contribution in [0, 0.1) is 10.8 Å². The van der Waals surface area contributed by atoms with E-state index in [2.05, 4.69) is 6.58 Å². The maximum absolute atomic E-state index is 11.6. The van der Waals surface area contributed by atoms with Crippen molar-refractivity contribution in [2.75, 3.05) is 6.61 Å². The lowest BCUT2D eigenvalue weighted by atomic mass is 9.99.